The van der Waals surface area contributed by atoms with Crippen LogP contribution in [0.15, 0.2) is 40.2 Å². The molecule has 152 valence electrons. The molecule has 6 nitrogen and oxygen atoms in total. The third-order valence-electron chi connectivity index (χ3n) is 4.59. The van der Waals surface area contributed by atoms with E-state index in [1.54, 1.807) is 0 Å². The molecule has 0 bridgehead atoms. The maximum absolute atomic E-state index is 12.7. The summed E-state index contributed by atoms with van der Waals surface area (Å²) >= 11 is 0. The number of hydrogen-bond donors (Lipinski definition) is 0. The normalized spacial score (nSPS) is 16.0. The van der Waals surface area contributed by atoms with Crippen molar-refractivity contribution in [2.75, 3.05) is 12.9 Å². The summed E-state index contributed by atoms with van der Waals surface area (Å²) in [7, 11) is -3.41. The van der Waals surface area contributed by atoms with E-state index in [9.17, 15) is 26.4 Å². The molecule has 1 aliphatic rings. The Hall–Kier alpha value is -2.36. The van der Waals surface area contributed by atoms with Crippen LogP contribution in [0.2, 0.25) is 0 Å². The molecule has 1 aromatic carbocycles. The number of alkyl halides is 3. The van der Waals surface area contributed by atoms with Crippen molar-refractivity contribution in [3.63, 3.8) is 0 Å². The van der Waals surface area contributed by atoms with Gasteiger partial charge in [0.05, 0.1) is 17.7 Å². The molecule has 1 fully saturated rings. The van der Waals surface area contributed by atoms with E-state index < -0.39 is 28.1 Å². The van der Waals surface area contributed by atoms with E-state index in [2.05, 4.69) is 5.10 Å². The van der Waals surface area contributed by atoms with E-state index in [-0.39, 0.29) is 28.2 Å². The molecule has 0 saturated heterocycles. The van der Waals surface area contributed by atoms with Crippen molar-refractivity contribution in [1.29, 1.82) is 0 Å². The van der Waals surface area contributed by atoms with E-state index in [0.717, 1.165) is 25.3 Å². The lowest BCUT2D eigenvalue weighted by Crippen LogP contribution is -2.31. The fraction of sp³-hybridized carbons (Fsp3) is 0.444. The van der Waals surface area contributed by atoms with E-state index in [4.69, 9.17) is 4.74 Å². The van der Waals surface area contributed by atoms with Crippen LogP contribution in [0, 0.1) is 5.41 Å². The van der Waals surface area contributed by atoms with Crippen LogP contribution in [0.3, 0.4) is 0 Å². The Balaban J connectivity index is 2.03. The summed E-state index contributed by atoms with van der Waals surface area (Å²) in [5.74, 6) is -0.223. The zero-order valence-corrected chi connectivity index (χ0v) is 16.1. The second-order valence-electron chi connectivity index (χ2n) is 7.36. The highest BCUT2D eigenvalue weighted by atomic mass is 32.2. The Kier molecular flexibility index (Phi) is 5.03. The largest absolute Gasteiger partial charge is 0.487 e. The number of halogens is 3. The van der Waals surface area contributed by atoms with E-state index in [1.165, 1.54) is 24.3 Å². The van der Waals surface area contributed by atoms with Crippen LogP contribution >= 0.6 is 0 Å². The summed E-state index contributed by atoms with van der Waals surface area (Å²) in [4.78, 5) is 12.7. The third-order valence-corrected chi connectivity index (χ3v) is 5.72. The molecule has 10 heteroatoms. The molecule has 1 aromatic heterocycles. The first-order valence-corrected chi connectivity index (χ1v) is 10.4. The topological polar surface area (TPSA) is 78.3 Å². The summed E-state index contributed by atoms with van der Waals surface area (Å²) in [5.41, 5.74) is -0.437. The van der Waals surface area contributed by atoms with Gasteiger partial charge in [0.15, 0.2) is 15.6 Å². The van der Waals surface area contributed by atoms with Gasteiger partial charge in [-0.05, 0) is 30.5 Å². The number of hydrogen-bond acceptors (Lipinski definition) is 5. The molecular formula is C18H19F3N2O4S. The quantitative estimate of drug-likeness (QED) is 0.723. The Morgan fingerprint density at radius 3 is 2.32 bits per heavy atom. The standard InChI is InChI=1S/C18H19F3N2O4S/c1-17(7-8-17)11-27-15-14(9-22-23(16(15)24)10-18(19,20)21)12-3-5-13(6-4-12)28(2,25)26/h3-6,9H,7-8,10-11H2,1-2H3. The van der Waals surface area contributed by atoms with E-state index in [1.807, 2.05) is 6.92 Å². The summed E-state index contributed by atoms with van der Waals surface area (Å²) < 4.78 is 67.3. The lowest BCUT2D eigenvalue weighted by Gasteiger charge is -2.16. The molecule has 1 aliphatic carbocycles. The molecule has 0 N–H and O–H groups in total. The Morgan fingerprint density at radius 1 is 1.21 bits per heavy atom. The summed E-state index contributed by atoms with van der Waals surface area (Å²) in [5, 5.41) is 3.62. The molecule has 0 radical (unpaired) electrons. The SMILES string of the molecule is CC1(COc2c(-c3ccc(S(C)(=O)=O)cc3)cnn(CC(F)(F)F)c2=O)CC1. The van der Waals surface area contributed by atoms with Crippen molar-refractivity contribution in [1.82, 2.24) is 9.78 Å². The molecule has 0 aliphatic heterocycles. The van der Waals surface area contributed by atoms with Crippen molar-refractivity contribution in [2.24, 2.45) is 5.41 Å². The molecule has 2 aromatic rings. The van der Waals surface area contributed by atoms with Gasteiger partial charge in [-0.15, -0.1) is 0 Å². The Morgan fingerprint density at radius 2 is 1.82 bits per heavy atom. The average molecular weight is 416 g/mol. The number of rotatable bonds is 6. The number of nitrogens with zero attached hydrogens (tertiary/aromatic N) is 2. The van der Waals surface area contributed by atoms with Gasteiger partial charge in [-0.2, -0.15) is 18.3 Å². The number of sulfone groups is 1. The summed E-state index contributed by atoms with van der Waals surface area (Å²) in [6.07, 6.45) is -0.588. The number of ether oxygens (including phenoxy) is 1. The van der Waals surface area contributed by atoms with Gasteiger partial charge in [0, 0.05) is 17.2 Å². The maximum atomic E-state index is 12.7. The zero-order chi connectivity index (χ0) is 20.7. The van der Waals surface area contributed by atoms with Crippen molar-refractivity contribution < 1.29 is 26.3 Å². The summed E-state index contributed by atoms with van der Waals surface area (Å²) in [6, 6.07) is 5.65. The van der Waals surface area contributed by atoms with Gasteiger partial charge in [0.2, 0.25) is 0 Å². The smallest absolute Gasteiger partial charge is 0.408 e. The first kappa shape index (κ1) is 20.4. The van der Waals surface area contributed by atoms with Crippen LogP contribution in [0.4, 0.5) is 13.2 Å². The van der Waals surface area contributed by atoms with E-state index >= 15 is 0 Å². The van der Waals surface area contributed by atoms with Crippen molar-refractivity contribution in [3.8, 4) is 16.9 Å². The first-order valence-electron chi connectivity index (χ1n) is 8.48. The number of benzene rings is 1. The van der Waals surface area contributed by atoms with Gasteiger partial charge in [-0.3, -0.25) is 4.79 Å². The average Bonchev–Trinajstić information content (AvgIpc) is 3.31. The van der Waals surface area contributed by atoms with Crippen LogP contribution in [0.5, 0.6) is 5.75 Å². The van der Waals surface area contributed by atoms with Crippen LogP contribution in [0.25, 0.3) is 11.1 Å². The molecule has 1 heterocycles. The molecule has 0 spiro atoms. The Bertz CT molecular complexity index is 1040. The van der Waals surface area contributed by atoms with Gasteiger partial charge in [-0.1, -0.05) is 19.1 Å². The molecule has 0 amide bonds. The minimum atomic E-state index is -4.60. The van der Waals surface area contributed by atoms with Gasteiger partial charge < -0.3 is 4.74 Å². The second-order valence-corrected chi connectivity index (χ2v) is 9.38. The fourth-order valence-electron chi connectivity index (χ4n) is 2.58. The Labute approximate surface area is 159 Å². The molecular weight excluding hydrogens is 397 g/mol. The first-order chi connectivity index (χ1) is 12.9. The van der Waals surface area contributed by atoms with Gasteiger partial charge in [0.25, 0.3) is 0 Å². The number of aromatic nitrogens is 2. The van der Waals surface area contributed by atoms with Crippen LogP contribution < -0.4 is 10.3 Å². The van der Waals surface area contributed by atoms with Crippen LogP contribution in [-0.2, 0) is 16.4 Å². The predicted molar refractivity (Wildman–Crippen MR) is 95.9 cm³/mol. The van der Waals surface area contributed by atoms with Crippen molar-refractivity contribution in [2.45, 2.75) is 37.4 Å². The van der Waals surface area contributed by atoms with Gasteiger partial charge in [-0.25, -0.2) is 13.1 Å². The third kappa shape index (κ3) is 4.73. The highest BCUT2D eigenvalue weighted by molar-refractivity contribution is 7.90. The van der Waals surface area contributed by atoms with Gasteiger partial charge >= 0.3 is 11.7 Å². The monoisotopic (exact) mass is 416 g/mol. The molecule has 1 saturated carbocycles. The van der Waals surface area contributed by atoms with Crippen LogP contribution in [-0.4, -0.2) is 37.2 Å². The summed E-state index contributed by atoms with van der Waals surface area (Å²) in [6.45, 7) is 0.641. The molecule has 0 unspecified atom stereocenters. The lowest BCUT2D eigenvalue weighted by atomic mass is 10.1. The van der Waals surface area contributed by atoms with Crippen molar-refractivity contribution in [3.05, 3.63) is 40.8 Å². The highest BCUT2D eigenvalue weighted by Gasteiger charge is 2.39. The second kappa shape index (κ2) is 6.91. The fourth-order valence-corrected chi connectivity index (χ4v) is 3.21. The molecule has 3 rings (SSSR count). The van der Waals surface area contributed by atoms with E-state index in [0.29, 0.717) is 10.2 Å². The minimum Gasteiger partial charge on any atom is -0.487 e. The minimum absolute atomic E-state index is 0.0857. The van der Waals surface area contributed by atoms with Crippen LogP contribution in [0.1, 0.15) is 19.8 Å². The maximum Gasteiger partial charge on any atom is 0.408 e. The van der Waals surface area contributed by atoms with Gasteiger partial charge in [0.1, 0.15) is 6.54 Å². The lowest BCUT2D eigenvalue weighted by molar-refractivity contribution is -0.143. The highest BCUT2D eigenvalue weighted by Crippen LogP contribution is 2.45. The predicted octanol–water partition coefficient (Wildman–Crippen LogP) is 3.06. The van der Waals surface area contributed by atoms with Crippen molar-refractivity contribution >= 4 is 9.84 Å². The molecule has 0 atom stereocenters. The molecule has 28 heavy (non-hydrogen) atoms. The zero-order valence-electron chi connectivity index (χ0n) is 15.3.